The van der Waals surface area contributed by atoms with E-state index in [0.29, 0.717) is 12.0 Å². The van der Waals surface area contributed by atoms with Gasteiger partial charge in [0.2, 0.25) is 0 Å². The van der Waals surface area contributed by atoms with Gasteiger partial charge >= 0.3 is 0 Å². The quantitative estimate of drug-likeness (QED) is 0.794. The van der Waals surface area contributed by atoms with Crippen molar-refractivity contribution in [1.29, 1.82) is 0 Å². The van der Waals surface area contributed by atoms with Gasteiger partial charge in [-0.1, -0.05) is 6.92 Å². The molecule has 4 nitrogen and oxygen atoms in total. The maximum atomic E-state index is 6.29. The van der Waals surface area contributed by atoms with Crippen LogP contribution >= 0.6 is 0 Å². The molecule has 17 heavy (non-hydrogen) atoms. The van der Waals surface area contributed by atoms with Crippen molar-refractivity contribution in [1.82, 2.24) is 4.90 Å². The van der Waals surface area contributed by atoms with Crippen LogP contribution in [0.5, 0.6) is 0 Å². The van der Waals surface area contributed by atoms with Gasteiger partial charge in [0.25, 0.3) is 0 Å². The van der Waals surface area contributed by atoms with Crippen molar-refractivity contribution >= 4 is 0 Å². The molecule has 0 saturated carbocycles. The van der Waals surface area contributed by atoms with Gasteiger partial charge in [0.05, 0.1) is 12.7 Å². The molecule has 2 N–H and O–H groups in total. The molecule has 100 valence electrons. The fourth-order valence-corrected chi connectivity index (χ4v) is 2.72. The monoisotopic (exact) mass is 242 g/mol. The Kier molecular flexibility index (Phi) is 5.22. The molecule has 0 aromatic rings. The summed E-state index contributed by atoms with van der Waals surface area (Å²) in [5.41, 5.74) is 6.29. The number of rotatable bonds is 4. The Labute approximate surface area is 104 Å². The van der Waals surface area contributed by atoms with E-state index >= 15 is 0 Å². The van der Waals surface area contributed by atoms with E-state index in [1.165, 1.54) is 0 Å². The number of nitrogens with two attached hydrogens (primary N) is 1. The summed E-state index contributed by atoms with van der Waals surface area (Å²) >= 11 is 0. The van der Waals surface area contributed by atoms with Crippen molar-refractivity contribution in [2.24, 2.45) is 11.7 Å². The van der Waals surface area contributed by atoms with Crippen LogP contribution in [-0.4, -0.2) is 56.5 Å². The standard InChI is InChI=1S/C13H26N2O2/c1-2-12-8-15(5-3-6-17-12)9-13(14)11-4-7-16-10-11/h11-13H,2-10,14H2,1H3. The molecule has 3 atom stereocenters. The lowest BCUT2D eigenvalue weighted by Crippen LogP contribution is -2.44. The first kappa shape index (κ1) is 13.3. The van der Waals surface area contributed by atoms with Crippen LogP contribution in [0.15, 0.2) is 0 Å². The van der Waals surface area contributed by atoms with E-state index in [-0.39, 0.29) is 6.04 Å². The molecule has 0 radical (unpaired) electrons. The minimum atomic E-state index is 0.258. The molecule has 2 rings (SSSR count). The van der Waals surface area contributed by atoms with E-state index in [0.717, 1.165) is 58.7 Å². The summed E-state index contributed by atoms with van der Waals surface area (Å²) in [6, 6.07) is 0.258. The summed E-state index contributed by atoms with van der Waals surface area (Å²) < 4.78 is 11.2. The van der Waals surface area contributed by atoms with Crippen LogP contribution in [0.1, 0.15) is 26.2 Å². The maximum Gasteiger partial charge on any atom is 0.0699 e. The average molecular weight is 242 g/mol. The third kappa shape index (κ3) is 3.91. The average Bonchev–Trinajstić information content (AvgIpc) is 2.77. The van der Waals surface area contributed by atoms with E-state index in [1.54, 1.807) is 0 Å². The highest BCUT2D eigenvalue weighted by molar-refractivity contribution is 4.81. The van der Waals surface area contributed by atoms with Crippen molar-refractivity contribution in [3.05, 3.63) is 0 Å². The SMILES string of the molecule is CCC1CN(CC(N)C2CCOC2)CCCO1. The third-order valence-corrected chi connectivity index (χ3v) is 3.93. The second-order valence-electron chi connectivity index (χ2n) is 5.30. The van der Waals surface area contributed by atoms with Crippen molar-refractivity contribution in [2.75, 3.05) is 39.5 Å². The first-order valence-electron chi connectivity index (χ1n) is 6.97. The number of nitrogens with zero attached hydrogens (tertiary/aromatic N) is 1. The molecule has 0 aromatic carbocycles. The van der Waals surface area contributed by atoms with Crippen LogP contribution in [0.25, 0.3) is 0 Å². The van der Waals surface area contributed by atoms with Gasteiger partial charge in [0.1, 0.15) is 0 Å². The molecular formula is C13H26N2O2. The third-order valence-electron chi connectivity index (χ3n) is 3.93. The fourth-order valence-electron chi connectivity index (χ4n) is 2.72. The Hall–Kier alpha value is -0.160. The Morgan fingerprint density at radius 1 is 1.41 bits per heavy atom. The van der Waals surface area contributed by atoms with E-state index < -0.39 is 0 Å². The van der Waals surface area contributed by atoms with E-state index in [1.807, 2.05) is 0 Å². The van der Waals surface area contributed by atoms with Crippen LogP contribution in [-0.2, 0) is 9.47 Å². The molecule has 0 spiro atoms. The van der Waals surface area contributed by atoms with Crippen molar-refractivity contribution in [3.8, 4) is 0 Å². The summed E-state index contributed by atoms with van der Waals surface area (Å²) in [6.45, 7) is 7.99. The van der Waals surface area contributed by atoms with Crippen LogP contribution in [0.3, 0.4) is 0 Å². The molecule has 4 heteroatoms. The van der Waals surface area contributed by atoms with E-state index in [9.17, 15) is 0 Å². The van der Waals surface area contributed by atoms with Crippen LogP contribution in [0, 0.1) is 5.92 Å². The number of hydrogen-bond donors (Lipinski definition) is 1. The Morgan fingerprint density at radius 3 is 3.00 bits per heavy atom. The van der Waals surface area contributed by atoms with E-state index in [2.05, 4.69) is 11.8 Å². The lowest BCUT2D eigenvalue weighted by Gasteiger charge is -2.28. The molecule has 3 unspecified atom stereocenters. The zero-order valence-electron chi connectivity index (χ0n) is 10.9. The molecule has 0 bridgehead atoms. The van der Waals surface area contributed by atoms with Gasteiger partial charge in [-0.05, 0) is 19.3 Å². The molecule has 2 fully saturated rings. The lowest BCUT2D eigenvalue weighted by molar-refractivity contribution is 0.0502. The normalized spacial score (nSPS) is 33.5. The van der Waals surface area contributed by atoms with Gasteiger partial charge in [-0.3, -0.25) is 4.90 Å². The Balaban J connectivity index is 1.79. The predicted molar refractivity (Wildman–Crippen MR) is 68.0 cm³/mol. The van der Waals surface area contributed by atoms with Gasteiger partial charge in [0, 0.05) is 44.8 Å². The highest BCUT2D eigenvalue weighted by Gasteiger charge is 2.26. The summed E-state index contributed by atoms with van der Waals surface area (Å²) in [4.78, 5) is 2.48. The van der Waals surface area contributed by atoms with Gasteiger partial charge in [-0.25, -0.2) is 0 Å². The number of ether oxygens (including phenoxy) is 2. The first-order valence-corrected chi connectivity index (χ1v) is 6.97. The highest BCUT2D eigenvalue weighted by Crippen LogP contribution is 2.17. The fraction of sp³-hybridized carbons (Fsp3) is 1.00. The van der Waals surface area contributed by atoms with Crippen molar-refractivity contribution < 1.29 is 9.47 Å². The molecule has 0 aliphatic carbocycles. The van der Waals surface area contributed by atoms with Gasteiger partial charge in [-0.15, -0.1) is 0 Å². The predicted octanol–water partition coefficient (Wildman–Crippen LogP) is 0.851. The van der Waals surface area contributed by atoms with Gasteiger partial charge in [0.15, 0.2) is 0 Å². The zero-order valence-corrected chi connectivity index (χ0v) is 10.9. The Bertz CT molecular complexity index is 219. The molecule has 2 aliphatic rings. The Morgan fingerprint density at radius 2 is 2.29 bits per heavy atom. The number of hydrogen-bond acceptors (Lipinski definition) is 4. The molecular weight excluding hydrogens is 216 g/mol. The largest absolute Gasteiger partial charge is 0.381 e. The molecule has 2 aliphatic heterocycles. The van der Waals surface area contributed by atoms with Crippen molar-refractivity contribution in [2.45, 2.75) is 38.3 Å². The van der Waals surface area contributed by atoms with Gasteiger partial charge in [-0.2, -0.15) is 0 Å². The summed E-state index contributed by atoms with van der Waals surface area (Å²) in [7, 11) is 0. The van der Waals surface area contributed by atoms with Crippen molar-refractivity contribution in [3.63, 3.8) is 0 Å². The topological polar surface area (TPSA) is 47.7 Å². The minimum absolute atomic E-state index is 0.258. The highest BCUT2D eigenvalue weighted by atomic mass is 16.5. The summed E-state index contributed by atoms with van der Waals surface area (Å²) in [6.07, 6.45) is 3.75. The summed E-state index contributed by atoms with van der Waals surface area (Å²) in [5.74, 6) is 0.555. The molecule has 2 heterocycles. The zero-order chi connectivity index (χ0) is 12.1. The summed E-state index contributed by atoms with van der Waals surface area (Å²) in [5, 5.41) is 0. The van der Waals surface area contributed by atoms with Gasteiger partial charge < -0.3 is 15.2 Å². The maximum absolute atomic E-state index is 6.29. The minimum Gasteiger partial charge on any atom is -0.381 e. The van der Waals surface area contributed by atoms with Crippen LogP contribution < -0.4 is 5.73 Å². The van der Waals surface area contributed by atoms with Crippen LogP contribution in [0.4, 0.5) is 0 Å². The van der Waals surface area contributed by atoms with E-state index in [4.69, 9.17) is 15.2 Å². The first-order chi connectivity index (χ1) is 8.29. The molecule has 2 saturated heterocycles. The smallest absolute Gasteiger partial charge is 0.0699 e. The van der Waals surface area contributed by atoms with Crippen LogP contribution in [0.2, 0.25) is 0 Å². The molecule has 0 amide bonds. The second kappa shape index (κ2) is 6.69. The lowest BCUT2D eigenvalue weighted by atomic mass is 9.99. The second-order valence-corrected chi connectivity index (χ2v) is 5.30. The molecule has 0 aromatic heterocycles.